The Morgan fingerprint density at radius 1 is 0.353 bits per heavy atom. The topological polar surface area (TPSA) is 151 Å². The molecule has 0 aromatic carbocycles. The van der Waals surface area contributed by atoms with Crippen molar-refractivity contribution in [2.24, 2.45) is 0 Å². The number of rotatable bonds is 47. The molecule has 1 rings (SSSR count). The molecule has 0 radical (unpaired) electrons. The number of hydrogen-bond donors (Lipinski definition) is 7. The van der Waals surface area contributed by atoms with Crippen molar-refractivity contribution in [2.75, 3.05) is 33.0 Å². The molecule has 0 aliphatic carbocycles. The van der Waals surface area contributed by atoms with E-state index in [2.05, 4.69) is 57.2 Å². The van der Waals surface area contributed by atoms with Gasteiger partial charge in [0.1, 0.15) is 24.4 Å². The van der Waals surface area contributed by atoms with Gasteiger partial charge in [-0.2, -0.15) is 0 Å². The number of unbranched alkanes of at least 4 members (excludes halogenated alkanes) is 36. The maximum absolute atomic E-state index is 9.11. The second-order valence-corrected chi connectivity index (χ2v) is 19.6. The van der Waals surface area contributed by atoms with E-state index >= 15 is 0 Å². The summed E-state index contributed by atoms with van der Waals surface area (Å²) in [5.41, 5.74) is 0. The lowest BCUT2D eigenvalue weighted by Crippen LogP contribution is -2.40. The molecule has 8 heteroatoms. The van der Waals surface area contributed by atoms with Crippen LogP contribution in [0.4, 0.5) is 0 Å². The molecule has 1 aliphatic rings. The molecule has 8 nitrogen and oxygen atoms in total. The molecule has 0 aromatic rings. The van der Waals surface area contributed by atoms with Gasteiger partial charge in [-0.25, -0.2) is 0 Å². The summed E-state index contributed by atoms with van der Waals surface area (Å²) in [6, 6.07) is 0. The molecule has 68 heavy (non-hydrogen) atoms. The Kier molecular flexibility index (Phi) is 69.0. The molecule has 1 saturated heterocycles. The van der Waals surface area contributed by atoms with Crippen molar-refractivity contribution in [3.8, 4) is 0 Å². The van der Waals surface area contributed by atoms with Gasteiger partial charge >= 0.3 is 0 Å². The summed E-state index contributed by atoms with van der Waals surface area (Å²) in [7, 11) is 0. The first-order valence-electron chi connectivity index (χ1n) is 29.5. The van der Waals surface area contributed by atoms with Crippen LogP contribution in [0.15, 0.2) is 36.5 Å². The molecule has 0 spiro atoms. The molecule has 408 valence electrons. The van der Waals surface area contributed by atoms with Crippen molar-refractivity contribution < 1.29 is 40.5 Å². The molecule has 1 aliphatic heterocycles. The van der Waals surface area contributed by atoms with Crippen molar-refractivity contribution in [1.29, 1.82) is 0 Å². The summed E-state index contributed by atoms with van der Waals surface area (Å²) in [6.07, 6.45) is 65.6. The predicted octanol–water partition coefficient (Wildman–Crippen LogP) is 15.5. The van der Waals surface area contributed by atoms with Gasteiger partial charge in [0.15, 0.2) is 0 Å². The fourth-order valence-electron chi connectivity index (χ4n) is 8.15. The zero-order valence-corrected chi connectivity index (χ0v) is 45.5. The quantitative estimate of drug-likeness (QED) is 0.0235. The van der Waals surface area contributed by atoms with Crippen LogP contribution in [-0.4, -0.2) is 93.2 Å². The lowest BCUT2D eigenvalue weighted by molar-refractivity contribution is -0.0684. The molecular formula is C60H120O8. The summed E-state index contributed by atoms with van der Waals surface area (Å²) < 4.78 is 4.82. The normalized spacial score (nSPS) is 16.2. The van der Waals surface area contributed by atoms with Gasteiger partial charge in [0, 0.05) is 19.8 Å². The first-order valence-corrected chi connectivity index (χ1v) is 29.5. The van der Waals surface area contributed by atoms with Crippen LogP contribution in [0.5, 0.6) is 0 Å². The molecule has 0 bridgehead atoms. The molecule has 0 unspecified atom stereocenters. The number of aliphatic hydroxyl groups excluding tert-OH is 7. The van der Waals surface area contributed by atoms with Crippen LogP contribution in [0.2, 0.25) is 0 Å². The van der Waals surface area contributed by atoms with E-state index in [4.69, 9.17) is 40.5 Å². The summed E-state index contributed by atoms with van der Waals surface area (Å²) in [6.45, 7) is 7.43. The van der Waals surface area contributed by atoms with Crippen LogP contribution in [-0.2, 0) is 4.74 Å². The molecule has 0 aromatic heterocycles. The van der Waals surface area contributed by atoms with Crippen LogP contribution < -0.4 is 0 Å². The third kappa shape index (κ3) is 61.0. The van der Waals surface area contributed by atoms with E-state index in [-0.39, 0.29) is 6.61 Å². The van der Waals surface area contributed by atoms with Crippen molar-refractivity contribution in [1.82, 2.24) is 0 Å². The summed E-state index contributed by atoms with van der Waals surface area (Å²) in [5, 5.41) is 61.5. The van der Waals surface area contributed by atoms with E-state index in [9.17, 15) is 0 Å². The van der Waals surface area contributed by atoms with E-state index in [1.807, 2.05) is 0 Å². The van der Waals surface area contributed by atoms with Gasteiger partial charge in [0.2, 0.25) is 0 Å². The minimum atomic E-state index is -1.12. The molecule has 0 saturated carbocycles. The van der Waals surface area contributed by atoms with Crippen LogP contribution in [0.1, 0.15) is 290 Å². The molecular weight excluding hydrogens is 849 g/mol. The zero-order valence-electron chi connectivity index (χ0n) is 45.5. The summed E-state index contributed by atoms with van der Waals surface area (Å²) >= 11 is 0. The van der Waals surface area contributed by atoms with E-state index in [1.165, 1.54) is 250 Å². The van der Waals surface area contributed by atoms with Crippen LogP contribution in [0, 0.1) is 0 Å². The van der Waals surface area contributed by atoms with Crippen molar-refractivity contribution >= 4 is 0 Å². The third-order valence-corrected chi connectivity index (χ3v) is 12.8. The highest BCUT2D eigenvalue weighted by Gasteiger charge is 2.38. The minimum Gasteiger partial charge on any atom is -0.396 e. The smallest absolute Gasteiger partial charge is 0.114 e. The largest absolute Gasteiger partial charge is 0.396 e. The fraction of sp³-hybridized carbons (Fsp3) is 0.900. The molecule has 1 heterocycles. The Morgan fingerprint density at radius 2 is 0.574 bits per heavy atom. The highest BCUT2D eigenvalue weighted by molar-refractivity contribution is 4.87. The Labute approximate surface area is 423 Å². The molecule has 4 atom stereocenters. The lowest BCUT2D eigenvalue weighted by Gasteiger charge is -2.18. The maximum atomic E-state index is 9.11. The Bertz CT molecular complexity index is 863. The molecule has 1 fully saturated rings. The molecule has 0 amide bonds. The SMILES string of the molecule is CCCCCCCCC=CCCCCCCCCO.CCCCCCCCC=CCCCCCCCCO.CCCCCCCCC=CCCCCCCCCO.OC[C@@H](O)[C@H]1OC[C@H](O)[C@H]1O. The maximum Gasteiger partial charge on any atom is 0.114 e. The van der Waals surface area contributed by atoms with E-state index < -0.39 is 31.0 Å². The van der Waals surface area contributed by atoms with Crippen LogP contribution in [0.25, 0.3) is 0 Å². The monoisotopic (exact) mass is 969 g/mol. The Hall–Kier alpha value is -1.10. The highest BCUT2D eigenvalue weighted by Crippen LogP contribution is 2.17. The van der Waals surface area contributed by atoms with Gasteiger partial charge in [0.25, 0.3) is 0 Å². The average molecular weight is 970 g/mol. The number of allylic oxidation sites excluding steroid dienone is 6. The summed E-state index contributed by atoms with van der Waals surface area (Å²) in [4.78, 5) is 0. The third-order valence-electron chi connectivity index (χ3n) is 12.8. The standard InChI is InChI=1S/3C18H36O.C6H12O5/c3*1-2-3-4-5-6-7-8-9-10-11-12-13-14-15-16-17-18-19;7-1-3(8)6-5(10)4(9)2-11-6/h3*9-10,19H,2-8,11-18H2,1H3;3-10H,1-2H2/t;;;3-,4+,5-,6-/m...1/s1. The van der Waals surface area contributed by atoms with Crippen LogP contribution in [0.3, 0.4) is 0 Å². The molecule has 7 N–H and O–H groups in total. The van der Waals surface area contributed by atoms with Gasteiger partial charge in [-0.05, 0) is 96.3 Å². The number of ether oxygens (including phenoxy) is 1. The summed E-state index contributed by atoms with van der Waals surface area (Å²) in [5.74, 6) is 0. The Morgan fingerprint density at radius 3 is 0.765 bits per heavy atom. The van der Waals surface area contributed by atoms with Crippen LogP contribution >= 0.6 is 0 Å². The van der Waals surface area contributed by atoms with Gasteiger partial charge < -0.3 is 40.5 Å². The number of aliphatic hydroxyl groups is 7. The second-order valence-electron chi connectivity index (χ2n) is 19.6. The predicted molar refractivity (Wildman–Crippen MR) is 294 cm³/mol. The lowest BCUT2D eigenvalue weighted by atomic mass is 10.1. The second kappa shape index (κ2) is 65.9. The van der Waals surface area contributed by atoms with Gasteiger partial charge in [-0.3, -0.25) is 0 Å². The van der Waals surface area contributed by atoms with E-state index in [1.54, 1.807) is 0 Å². The average Bonchev–Trinajstić information content (AvgIpc) is 3.69. The van der Waals surface area contributed by atoms with Crippen molar-refractivity contribution in [3.05, 3.63) is 36.5 Å². The Balaban J connectivity index is -0.000000842. The fourth-order valence-corrected chi connectivity index (χ4v) is 8.15. The van der Waals surface area contributed by atoms with Crippen molar-refractivity contribution in [2.45, 2.75) is 315 Å². The van der Waals surface area contributed by atoms with E-state index in [0.29, 0.717) is 19.8 Å². The van der Waals surface area contributed by atoms with Gasteiger partial charge in [0.05, 0.1) is 13.2 Å². The minimum absolute atomic E-state index is 0.00287. The van der Waals surface area contributed by atoms with Gasteiger partial charge in [-0.1, -0.05) is 231 Å². The van der Waals surface area contributed by atoms with E-state index in [0.717, 1.165) is 19.3 Å². The highest BCUT2D eigenvalue weighted by atomic mass is 16.5. The van der Waals surface area contributed by atoms with Gasteiger partial charge in [-0.15, -0.1) is 0 Å². The first kappa shape index (κ1) is 71.2. The van der Waals surface area contributed by atoms with Crippen molar-refractivity contribution in [3.63, 3.8) is 0 Å². The first-order chi connectivity index (χ1) is 33.4. The number of hydrogen-bond acceptors (Lipinski definition) is 8. The zero-order chi connectivity index (χ0) is 50.5.